The molecule has 0 saturated carbocycles. The molecule has 0 amide bonds. The van der Waals surface area contributed by atoms with E-state index in [0.717, 1.165) is 0 Å². The highest BCUT2D eigenvalue weighted by atomic mass is 15.1. The van der Waals surface area contributed by atoms with Crippen LogP contribution in [0.15, 0.2) is 24.3 Å². The fourth-order valence-electron chi connectivity index (χ4n) is 2.30. The zero-order chi connectivity index (χ0) is 13.2. The second-order valence-corrected chi connectivity index (χ2v) is 5.24. The highest BCUT2D eigenvalue weighted by Crippen LogP contribution is 2.17. The Kier molecular flexibility index (Phi) is 7.55. The Hall–Kier alpha value is -0.980. The lowest BCUT2D eigenvalue weighted by molar-refractivity contribution is 0.636. The number of anilines is 1. The lowest BCUT2D eigenvalue weighted by Gasteiger charge is -2.25. The summed E-state index contributed by atoms with van der Waals surface area (Å²) in [7, 11) is 0. The summed E-state index contributed by atoms with van der Waals surface area (Å²) in [4.78, 5) is 2.57. The first-order valence-corrected chi connectivity index (χ1v) is 7.59. The van der Waals surface area contributed by atoms with Crippen molar-refractivity contribution in [2.45, 2.75) is 59.3 Å². The molecule has 0 fully saturated rings. The molecule has 1 aromatic rings. The molecule has 18 heavy (non-hydrogen) atoms. The van der Waals surface area contributed by atoms with Crippen LogP contribution in [0.1, 0.15) is 57.9 Å². The number of unbranched alkanes of at least 4 members (excludes halogenated alkanes) is 4. The van der Waals surface area contributed by atoms with Crippen LogP contribution in [0, 0.1) is 6.92 Å². The summed E-state index contributed by atoms with van der Waals surface area (Å²) < 4.78 is 0. The number of aryl methyl sites for hydroxylation is 1. The van der Waals surface area contributed by atoms with Gasteiger partial charge in [0.15, 0.2) is 0 Å². The predicted molar refractivity (Wildman–Crippen MR) is 82.4 cm³/mol. The van der Waals surface area contributed by atoms with Crippen molar-refractivity contribution in [3.05, 3.63) is 29.8 Å². The van der Waals surface area contributed by atoms with Crippen LogP contribution < -0.4 is 4.90 Å². The second kappa shape index (κ2) is 9.02. The number of rotatable bonds is 9. The van der Waals surface area contributed by atoms with Crippen LogP contribution in [0.25, 0.3) is 0 Å². The Bertz CT molecular complexity index is 309. The molecule has 0 heterocycles. The van der Waals surface area contributed by atoms with E-state index in [0.29, 0.717) is 0 Å². The Morgan fingerprint density at radius 3 is 2.00 bits per heavy atom. The van der Waals surface area contributed by atoms with Crippen LogP contribution in [0.5, 0.6) is 0 Å². The van der Waals surface area contributed by atoms with Crippen molar-refractivity contribution < 1.29 is 0 Å². The maximum Gasteiger partial charge on any atom is 0.0368 e. The zero-order valence-electron chi connectivity index (χ0n) is 12.4. The van der Waals surface area contributed by atoms with E-state index in [1.807, 2.05) is 0 Å². The Morgan fingerprint density at radius 2 is 1.50 bits per heavy atom. The van der Waals surface area contributed by atoms with Gasteiger partial charge in [-0.3, -0.25) is 0 Å². The molecule has 0 aliphatic rings. The van der Waals surface area contributed by atoms with Crippen LogP contribution in [-0.4, -0.2) is 13.1 Å². The minimum absolute atomic E-state index is 1.21. The van der Waals surface area contributed by atoms with Gasteiger partial charge in [-0.05, 0) is 37.5 Å². The molecular formula is C17H29N. The molecule has 0 spiro atoms. The smallest absolute Gasteiger partial charge is 0.0368 e. The average molecular weight is 247 g/mol. The fourth-order valence-corrected chi connectivity index (χ4v) is 2.30. The van der Waals surface area contributed by atoms with Gasteiger partial charge in [-0.15, -0.1) is 0 Å². The number of hydrogen-bond donors (Lipinski definition) is 0. The molecule has 1 heteroatoms. The van der Waals surface area contributed by atoms with E-state index in [2.05, 4.69) is 49.9 Å². The van der Waals surface area contributed by atoms with E-state index in [9.17, 15) is 0 Å². The van der Waals surface area contributed by atoms with Crippen LogP contribution in [0.3, 0.4) is 0 Å². The summed E-state index contributed by atoms with van der Waals surface area (Å²) in [6.07, 6.45) is 7.92. The average Bonchev–Trinajstić information content (AvgIpc) is 2.37. The SMILES string of the molecule is CCCCCN(CCCCC)c1cccc(C)c1. The number of nitrogens with zero attached hydrogens (tertiary/aromatic N) is 1. The first kappa shape index (κ1) is 15.1. The molecule has 102 valence electrons. The van der Waals surface area contributed by atoms with Crippen molar-refractivity contribution >= 4 is 5.69 Å². The molecular weight excluding hydrogens is 218 g/mol. The standard InChI is InChI=1S/C17H29N/c1-4-6-8-13-18(14-9-7-5-2)17-12-10-11-16(3)15-17/h10-12,15H,4-9,13-14H2,1-3H3. The third-order valence-electron chi connectivity index (χ3n) is 3.43. The Morgan fingerprint density at radius 1 is 0.889 bits per heavy atom. The molecule has 0 aromatic heterocycles. The zero-order valence-corrected chi connectivity index (χ0v) is 12.4. The largest absolute Gasteiger partial charge is 0.372 e. The van der Waals surface area contributed by atoms with Crippen molar-refractivity contribution in [3.63, 3.8) is 0 Å². The van der Waals surface area contributed by atoms with E-state index in [4.69, 9.17) is 0 Å². The van der Waals surface area contributed by atoms with Crippen LogP contribution in [0.4, 0.5) is 5.69 Å². The third-order valence-corrected chi connectivity index (χ3v) is 3.43. The third kappa shape index (κ3) is 5.57. The molecule has 1 nitrogen and oxygen atoms in total. The minimum Gasteiger partial charge on any atom is -0.372 e. The van der Waals surface area contributed by atoms with Crippen LogP contribution >= 0.6 is 0 Å². The van der Waals surface area contributed by atoms with Crippen LogP contribution in [0.2, 0.25) is 0 Å². The summed E-state index contributed by atoms with van der Waals surface area (Å²) in [5, 5.41) is 0. The lowest BCUT2D eigenvalue weighted by atomic mass is 10.1. The lowest BCUT2D eigenvalue weighted by Crippen LogP contribution is -2.25. The van der Waals surface area contributed by atoms with E-state index in [1.165, 1.54) is 62.9 Å². The van der Waals surface area contributed by atoms with Crippen LogP contribution in [-0.2, 0) is 0 Å². The van der Waals surface area contributed by atoms with E-state index in [-0.39, 0.29) is 0 Å². The van der Waals surface area contributed by atoms with Gasteiger partial charge in [-0.1, -0.05) is 51.7 Å². The molecule has 0 aliphatic carbocycles. The van der Waals surface area contributed by atoms with Gasteiger partial charge in [0.1, 0.15) is 0 Å². The van der Waals surface area contributed by atoms with Crippen molar-refractivity contribution in [2.24, 2.45) is 0 Å². The summed E-state index contributed by atoms with van der Waals surface area (Å²) in [6, 6.07) is 8.93. The number of hydrogen-bond acceptors (Lipinski definition) is 1. The van der Waals surface area contributed by atoms with E-state index in [1.54, 1.807) is 0 Å². The molecule has 0 unspecified atom stereocenters. The second-order valence-electron chi connectivity index (χ2n) is 5.24. The maximum atomic E-state index is 2.57. The van der Waals surface area contributed by atoms with E-state index < -0.39 is 0 Å². The normalized spacial score (nSPS) is 10.6. The molecule has 1 rings (SSSR count). The van der Waals surface area contributed by atoms with Gasteiger partial charge in [-0.2, -0.15) is 0 Å². The van der Waals surface area contributed by atoms with Crippen molar-refractivity contribution in [1.29, 1.82) is 0 Å². The molecule has 1 aromatic carbocycles. The molecule has 0 aliphatic heterocycles. The Labute approximate surface area is 113 Å². The molecule has 0 bridgehead atoms. The highest BCUT2D eigenvalue weighted by Gasteiger charge is 2.05. The molecule has 0 radical (unpaired) electrons. The summed E-state index contributed by atoms with van der Waals surface area (Å²) in [5.74, 6) is 0. The number of benzene rings is 1. The van der Waals surface area contributed by atoms with Crippen molar-refractivity contribution in [2.75, 3.05) is 18.0 Å². The monoisotopic (exact) mass is 247 g/mol. The van der Waals surface area contributed by atoms with Gasteiger partial charge in [0.2, 0.25) is 0 Å². The first-order chi connectivity index (χ1) is 8.77. The van der Waals surface area contributed by atoms with Gasteiger partial charge in [0.05, 0.1) is 0 Å². The Balaban J connectivity index is 2.57. The van der Waals surface area contributed by atoms with Gasteiger partial charge >= 0.3 is 0 Å². The van der Waals surface area contributed by atoms with Gasteiger partial charge < -0.3 is 4.90 Å². The van der Waals surface area contributed by atoms with E-state index >= 15 is 0 Å². The highest BCUT2D eigenvalue weighted by molar-refractivity contribution is 5.48. The predicted octanol–water partition coefficient (Wildman–Crippen LogP) is 5.18. The summed E-state index contributed by atoms with van der Waals surface area (Å²) in [5.41, 5.74) is 2.77. The summed E-state index contributed by atoms with van der Waals surface area (Å²) in [6.45, 7) is 9.14. The first-order valence-electron chi connectivity index (χ1n) is 7.59. The van der Waals surface area contributed by atoms with Crippen molar-refractivity contribution in [3.8, 4) is 0 Å². The molecule has 0 atom stereocenters. The molecule has 0 saturated heterocycles. The quantitative estimate of drug-likeness (QED) is 0.543. The minimum atomic E-state index is 1.21. The summed E-state index contributed by atoms with van der Waals surface area (Å²) >= 11 is 0. The van der Waals surface area contributed by atoms with Gasteiger partial charge in [0.25, 0.3) is 0 Å². The van der Waals surface area contributed by atoms with Gasteiger partial charge in [0, 0.05) is 18.8 Å². The maximum absolute atomic E-state index is 2.57. The van der Waals surface area contributed by atoms with Gasteiger partial charge in [-0.25, -0.2) is 0 Å². The molecule has 0 N–H and O–H groups in total. The fraction of sp³-hybridized carbons (Fsp3) is 0.647. The van der Waals surface area contributed by atoms with Crippen molar-refractivity contribution in [1.82, 2.24) is 0 Å². The topological polar surface area (TPSA) is 3.24 Å².